The molecule has 94 valence electrons. The first kappa shape index (κ1) is 12.4. The minimum atomic E-state index is -1.22. The van der Waals surface area contributed by atoms with Crippen LogP contribution < -0.4 is 5.73 Å². The van der Waals surface area contributed by atoms with Gasteiger partial charge in [0.1, 0.15) is 11.4 Å². The molecule has 3 N–H and O–H groups in total. The predicted molar refractivity (Wildman–Crippen MR) is 60.7 cm³/mol. The molecule has 17 heavy (non-hydrogen) atoms. The molecule has 1 saturated heterocycles. The Hall–Kier alpha value is -1.04. The highest BCUT2D eigenvalue weighted by Crippen LogP contribution is 2.44. The van der Waals surface area contributed by atoms with Gasteiger partial charge in [0.15, 0.2) is 0 Å². The van der Waals surface area contributed by atoms with Crippen LogP contribution in [0.4, 0.5) is 4.39 Å². The summed E-state index contributed by atoms with van der Waals surface area (Å²) < 4.78 is 18.2. The van der Waals surface area contributed by atoms with Gasteiger partial charge in [-0.1, -0.05) is 0 Å². The highest BCUT2D eigenvalue weighted by molar-refractivity contribution is 5.18. The Morgan fingerprint density at radius 1 is 1.65 bits per heavy atom. The fraction of sp³-hybridized carbons (Fsp3) is 0.583. The van der Waals surface area contributed by atoms with Crippen LogP contribution in [0.1, 0.15) is 19.0 Å². The Kier molecular flexibility index (Phi) is 3.16. The number of pyridine rings is 1. The minimum absolute atomic E-state index is 0.305. The van der Waals surface area contributed by atoms with Crippen LogP contribution in [0.5, 0.6) is 0 Å². The summed E-state index contributed by atoms with van der Waals surface area (Å²) in [6.45, 7) is 2.94. The number of aromatic nitrogens is 1. The molecule has 0 spiro atoms. The van der Waals surface area contributed by atoms with Crippen molar-refractivity contribution in [1.82, 2.24) is 4.98 Å². The molecular weight excluding hydrogens is 223 g/mol. The van der Waals surface area contributed by atoms with Crippen molar-refractivity contribution in [3.05, 3.63) is 29.8 Å². The number of halogens is 1. The molecule has 2 unspecified atom stereocenters. The summed E-state index contributed by atoms with van der Waals surface area (Å²) in [5, 5.41) is 10.7. The number of hydrogen-bond donors (Lipinski definition) is 2. The first-order chi connectivity index (χ1) is 8.02. The first-order valence-electron chi connectivity index (χ1n) is 5.64. The van der Waals surface area contributed by atoms with Crippen LogP contribution in [0.3, 0.4) is 0 Å². The first-order valence-corrected chi connectivity index (χ1v) is 5.64. The van der Waals surface area contributed by atoms with Crippen molar-refractivity contribution < 1.29 is 14.2 Å². The molecule has 1 aliphatic heterocycles. The molecule has 0 amide bonds. The van der Waals surface area contributed by atoms with E-state index in [1.54, 1.807) is 6.92 Å². The second-order valence-electron chi connectivity index (χ2n) is 4.72. The van der Waals surface area contributed by atoms with Crippen LogP contribution in [0.15, 0.2) is 18.3 Å². The zero-order valence-corrected chi connectivity index (χ0v) is 9.82. The maximum Gasteiger partial charge on any atom is 0.141 e. The largest absolute Gasteiger partial charge is 0.383 e. The lowest BCUT2D eigenvalue weighted by atomic mass is 9.70. The molecule has 0 aliphatic carbocycles. The second-order valence-corrected chi connectivity index (χ2v) is 4.72. The maximum absolute atomic E-state index is 12.8. The van der Waals surface area contributed by atoms with Gasteiger partial charge in [-0.15, -0.1) is 0 Å². The van der Waals surface area contributed by atoms with Crippen molar-refractivity contribution in [3.63, 3.8) is 0 Å². The molecule has 1 aromatic rings. The number of hydrogen-bond acceptors (Lipinski definition) is 4. The molecule has 0 aromatic carbocycles. The number of ether oxygens (including phenoxy) is 1. The van der Waals surface area contributed by atoms with E-state index in [9.17, 15) is 9.50 Å². The van der Waals surface area contributed by atoms with Crippen LogP contribution in [0.25, 0.3) is 0 Å². The third-order valence-corrected chi connectivity index (χ3v) is 3.75. The van der Waals surface area contributed by atoms with Gasteiger partial charge in [-0.2, -0.15) is 0 Å². The van der Waals surface area contributed by atoms with Gasteiger partial charge >= 0.3 is 0 Å². The lowest BCUT2D eigenvalue weighted by molar-refractivity contribution is -0.0779. The summed E-state index contributed by atoms with van der Waals surface area (Å²) in [6.07, 6.45) is 1.78. The third kappa shape index (κ3) is 1.94. The molecule has 5 heteroatoms. The summed E-state index contributed by atoms with van der Waals surface area (Å²) in [7, 11) is 0. The molecular formula is C12H17FN2O2. The van der Waals surface area contributed by atoms with E-state index >= 15 is 0 Å². The molecule has 2 heterocycles. The van der Waals surface area contributed by atoms with Gasteiger partial charge in [0.05, 0.1) is 18.5 Å². The van der Waals surface area contributed by atoms with E-state index in [4.69, 9.17) is 10.5 Å². The SMILES string of the molecule is CC(O)(c1ccc(F)cn1)C1(CN)CCOC1. The predicted octanol–water partition coefficient (Wildman–Crippen LogP) is 0.794. The van der Waals surface area contributed by atoms with E-state index in [-0.39, 0.29) is 0 Å². The highest BCUT2D eigenvalue weighted by atomic mass is 19.1. The van der Waals surface area contributed by atoms with E-state index in [1.165, 1.54) is 12.1 Å². The van der Waals surface area contributed by atoms with Gasteiger partial charge in [0, 0.05) is 18.6 Å². The van der Waals surface area contributed by atoms with Crippen LogP contribution in [-0.4, -0.2) is 29.8 Å². The topological polar surface area (TPSA) is 68.4 Å². The fourth-order valence-corrected chi connectivity index (χ4v) is 2.29. The maximum atomic E-state index is 12.8. The van der Waals surface area contributed by atoms with Gasteiger partial charge in [-0.25, -0.2) is 4.39 Å². The summed E-state index contributed by atoms with van der Waals surface area (Å²) in [5.74, 6) is -0.422. The minimum Gasteiger partial charge on any atom is -0.383 e. The molecule has 2 rings (SSSR count). The molecule has 0 radical (unpaired) electrons. The summed E-state index contributed by atoms with van der Waals surface area (Å²) >= 11 is 0. The Labute approximate surface area is 99.6 Å². The molecule has 0 saturated carbocycles. The van der Waals surface area contributed by atoms with Crippen molar-refractivity contribution in [2.75, 3.05) is 19.8 Å². The van der Waals surface area contributed by atoms with Crippen LogP contribution >= 0.6 is 0 Å². The highest BCUT2D eigenvalue weighted by Gasteiger charge is 2.50. The van der Waals surface area contributed by atoms with Gasteiger partial charge in [0.2, 0.25) is 0 Å². The van der Waals surface area contributed by atoms with Crippen molar-refractivity contribution in [3.8, 4) is 0 Å². The van der Waals surface area contributed by atoms with Crippen LogP contribution in [-0.2, 0) is 10.3 Å². The van der Waals surface area contributed by atoms with E-state index in [0.29, 0.717) is 31.9 Å². The summed E-state index contributed by atoms with van der Waals surface area (Å²) in [4.78, 5) is 3.95. The van der Waals surface area contributed by atoms with Crippen molar-refractivity contribution in [2.45, 2.75) is 18.9 Å². The Bertz CT molecular complexity index is 386. The van der Waals surface area contributed by atoms with Gasteiger partial charge < -0.3 is 15.6 Å². The van der Waals surface area contributed by atoms with Gasteiger partial charge in [-0.05, 0) is 25.5 Å². The fourth-order valence-electron chi connectivity index (χ4n) is 2.29. The Balaban J connectivity index is 2.37. The Morgan fingerprint density at radius 2 is 2.41 bits per heavy atom. The molecule has 1 aliphatic rings. The van der Waals surface area contributed by atoms with Gasteiger partial charge in [0.25, 0.3) is 0 Å². The van der Waals surface area contributed by atoms with E-state index in [0.717, 1.165) is 6.20 Å². The van der Waals surface area contributed by atoms with E-state index in [2.05, 4.69) is 4.98 Å². The van der Waals surface area contributed by atoms with Gasteiger partial charge in [-0.3, -0.25) is 4.98 Å². The van der Waals surface area contributed by atoms with Crippen LogP contribution in [0, 0.1) is 11.2 Å². The number of rotatable bonds is 3. The number of nitrogens with two attached hydrogens (primary N) is 1. The zero-order chi connectivity index (χ0) is 12.5. The summed E-state index contributed by atoms with van der Waals surface area (Å²) in [5.41, 5.74) is 4.45. The molecule has 2 atom stereocenters. The number of aliphatic hydroxyl groups is 1. The molecule has 4 nitrogen and oxygen atoms in total. The van der Waals surface area contributed by atoms with E-state index in [1.807, 2.05) is 0 Å². The second kappa shape index (κ2) is 4.33. The monoisotopic (exact) mass is 240 g/mol. The lowest BCUT2D eigenvalue weighted by Crippen LogP contribution is -2.49. The van der Waals surface area contributed by atoms with Crippen molar-refractivity contribution in [1.29, 1.82) is 0 Å². The smallest absolute Gasteiger partial charge is 0.141 e. The quantitative estimate of drug-likeness (QED) is 0.819. The summed E-state index contributed by atoms with van der Waals surface area (Å²) in [6, 6.07) is 2.78. The zero-order valence-electron chi connectivity index (χ0n) is 9.82. The molecule has 1 fully saturated rings. The van der Waals surface area contributed by atoms with Crippen molar-refractivity contribution >= 4 is 0 Å². The standard InChI is InChI=1S/C12H17FN2O2/c1-11(16,10-3-2-9(13)6-15-10)12(7-14)4-5-17-8-12/h2-3,6,16H,4-5,7-8,14H2,1H3. The lowest BCUT2D eigenvalue weighted by Gasteiger charge is -2.40. The average Bonchev–Trinajstić information content (AvgIpc) is 2.79. The average molecular weight is 240 g/mol. The molecule has 0 bridgehead atoms. The molecule has 1 aromatic heterocycles. The van der Waals surface area contributed by atoms with Crippen molar-refractivity contribution in [2.24, 2.45) is 11.1 Å². The number of nitrogens with zero attached hydrogens (tertiary/aromatic N) is 1. The normalized spacial score (nSPS) is 28.0. The van der Waals surface area contributed by atoms with Crippen LogP contribution in [0.2, 0.25) is 0 Å². The van der Waals surface area contributed by atoms with E-state index < -0.39 is 16.8 Å². The third-order valence-electron chi connectivity index (χ3n) is 3.75. The Morgan fingerprint density at radius 3 is 2.88 bits per heavy atom.